The number of fused-ring (bicyclic) bond motifs is 2. The molecule has 2 unspecified atom stereocenters. The van der Waals surface area contributed by atoms with Gasteiger partial charge in [0.1, 0.15) is 6.10 Å². The third-order valence-electron chi connectivity index (χ3n) is 16.2. The standard InChI is InChI=1S/C68H80N4O5/c1-65(2)35-37-67(5,6)61-55(65)41-51(43-57(61)69-39-33-47-17-27-53(28-18-47)71(9)10)59(73)31-21-45-13-23-49(24-14-45)63(75)77-64(76)50-25-15-46(16-26-50)22-32-60(74)52-42-56-62(68(7,8)38-36-66(56,3)4)58(44-52)70-40-34-48-19-29-54(30-20-48)72(11)12/h13-21,23-31,41-44,59-60,69-70,73-74H,33-40H2,1-12H3. The van der Waals surface area contributed by atoms with Crippen LogP contribution >= 0.6 is 0 Å². The van der Waals surface area contributed by atoms with Gasteiger partial charge < -0.3 is 35.4 Å². The maximum Gasteiger partial charge on any atom is 0.346 e. The van der Waals surface area contributed by atoms with Gasteiger partial charge in [0.15, 0.2) is 0 Å². The third-order valence-corrected chi connectivity index (χ3v) is 16.2. The van der Waals surface area contributed by atoms with Crippen molar-refractivity contribution in [1.29, 1.82) is 0 Å². The van der Waals surface area contributed by atoms with E-state index in [1.165, 1.54) is 44.8 Å². The number of ether oxygens (including phenoxy) is 1. The molecule has 8 rings (SSSR count). The number of aliphatic hydroxyl groups is 2. The maximum absolute atomic E-state index is 13.2. The summed E-state index contributed by atoms with van der Waals surface area (Å²) in [5.41, 5.74) is 15.2. The Morgan fingerprint density at radius 1 is 0.571 bits per heavy atom. The van der Waals surface area contributed by atoms with Crippen molar-refractivity contribution in [3.05, 3.63) is 194 Å². The van der Waals surface area contributed by atoms with E-state index in [-0.39, 0.29) is 32.8 Å². The summed E-state index contributed by atoms with van der Waals surface area (Å²) in [5.74, 6) is 4.58. The van der Waals surface area contributed by atoms with Crippen molar-refractivity contribution in [2.75, 3.05) is 61.7 Å². The van der Waals surface area contributed by atoms with Crippen LogP contribution in [0.4, 0.5) is 22.7 Å². The molecule has 0 radical (unpaired) electrons. The van der Waals surface area contributed by atoms with E-state index < -0.39 is 24.1 Å². The van der Waals surface area contributed by atoms with Crippen LogP contribution in [0.5, 0.6) is 0 Å². The van der Waals surface area contributed by atoms with E-state index in [0.717, 1.165) is 79.7 Å². The average Bonchev–Trinajstić information content (AvgIpc) is 3.41. The Balaban J connectivity index is 0.895. The van der Waals surface area contributed by atoms with Crippen LogP contribution in [0, 0.1) is 11.8 Å². The van der Waals surface area contributed by atoms with Crippen molar-refractivity contribution in [3.8, 4) is 11.8 Å². The highest BCUT2D eigenvalue weighted by molar-refractivity contribution is 6.02. The minimum absolute atomic E-state index is 0.0244. The highest BCUT2D eigenvalue weighted by Gasteiger charge is 2.41. The number of rotatable bonds is 16. The lowest BCUT2D eigenvalue weighted by Crippen LogP contribution is -2.35. The number of carbonyl (C=O) groups is 2. The molecule has 6 aromatic rings. The fraction of sp³-hybridized carbons (Fsp3) is 0.382. The first kappa shape index (κ1) is 56.1. The van der Waals surface area contributed by atoms with Gasteiger partial charge in [0.2, 0.25) is 0 Å². The number of nitrogens with one attached hydrogen (secondary N) is 2. The van der Waals surface area contributed by atoms with Gasteiger partial charge in [-0.2, -0.15) is 0 Å². The van der Waals surface area contributed by atoms with Crippen molar-refractivity contribution in [2.45, 2.75) is 128 Å². The van der Waals surface area contributed by atoms with Gasteiger partial charge in [-0.3, -0.25) is 0 Å². The number of esters is 2. The Morgan fingerprint density at radius 2 is 0.987 bits per heavy atom. The van der Waals surface area contributed by atoms with Crippen LogP contribution in [0.15, 0.2) is 127 Å². The fourth-order valence-corrected chi connectivity index (χ4v) is 11.0. The van der Waals surface area contributed by atoms with Crippen LogP contribution in [0.2, 0.25) is 0 Å². The molecular weight excluding hydrogens is 953 g/mol. The Morgan fingerprint density at radius 3 is 1.44 bits per heavy atom. The SMILES string of the molecule is CN(C)c1ccc(CCNc2cc(C(O)C#Cc3ccc(C(=O)OC(=O)c4ccc(C=CC(O)c5cc(NCCc6ccc(N(C)C)cc6)c6c(c5)C(C)(C)CCC6(C)C)cc4)cc3)cc3c2C(C)(C)CCC3(C)C)cc1. The van der Waals surface area contributed by atoms with Crippen LogP contribution in [0.3, 0.4) is 0 Å². The van der Waals surface area contributed by atoms with Gasteiger partial charge in [-0.25, -0.2) is 9.59 Å². The fourth-order valence-electron chi connectivity index (χ4n) is 11.0. The van der Waals surface area contributed by atoms with Gasteiger partial charge in [-0.05, 0) is 183 Å². The number of hydrogen-bond acceptors (Lipinski definition) is 9. The molecule has 77 heavy (non-hydrogen) atoms. The van der Waals surface area contributed by atoms with Gasteiger partial charge in [-0.1, -0.05) is 128 Å². The molecule has 2 atom stereocenters. The van der Waals surface area contributed by atoms with Crippen molar-refractivity contribution in [3.63, 3.8) is 0 Å². The summed E-state index contributed by atoms with van der Waals surface area (Å²) in [6.45, 7) is 19.9. The zero-order valence-electron chi connectivity index (χ0n) is 47.5. The molecule has 0 heterocycles. The number of anilines is 4. The minimum Gasteiger partial charge on any atom is -0.386 e. The van der Waals surface area contributed by atoms with Crippen LogP contribution < -0.4 is 20.4 Å². The van der Waals surface area contributed by atoms with Crippen molar-refractivity contribution in [1.82, 2.24) is 0 Å². The first-order valence-corrected chi connectivity index (χ1v) is 27.3. The van der Waals surface area contributed by atoms with Crippen LogP contribution in [-0.2, 0) is 39.2 Å². The van der Waals surface area contributed by atoms with Crippen molar-refractivity contribution < 1.29 is 24.5 Å². The van der Waals surface area contributed by atoms with Gasteiger partial charge >= 0.3 is 11.9 Å². The second-order valence-corrected chi connectivity index (χ2v) is 24.3. The Hall–Kier alpha value is -7.12. The Labute approximate surface area is 458 Å². The number of carbonyl (C=O) groups excluding carboxylic acids is 2. The average molecular weight is 1030 g/mol. The lowest BCUT2D eigenvalue weighted by Gasteiger charge is -2.43. The van der Waals surface area contributed by atoms with E-state index in [2.05, 4.69) is 160 Å². The first-order valence-electron chi connectivity index (χ1n) is 27.3. The Kier molecular flexibility index (Phi) is 16.6. The van der Waals surface area contributed by atoms with Gasteiger partial charge in [0, 0.05) is 69.6 Å². The highest BCUT2D eigenvalue weighted by atomic mass is 16.6. The van der Waals surface area contributed by atoms with E-state index in [1.54, 1.807) is 54.6 Å². The normalized spacial score (nSPS) is 16.4. The largest absolute Gasteiger partial charge is 0.386 e. The Bertz CT molecular complexity index is 3170. The summed E-state index contributed by atoms with van der Waals surface area (Å²) in [6.07, 6.45) is 7.65. The topological polar surface area (TPSA) is 114 Å². The van der Waals surface area contributed by atoms with E-state index >= 15 is 0 Å². The molecule has 402 valence electrons. The molecule has 0 amide bonds. The molecule has 2 aliphatic rings. The molecule has 0 saturated carbocycles. The van der Waals surface area contributed by atoms with Crippen molar-refractivity contribution in [2.24, 2.45) is 0 Å². The molecule has 9 heteroatoms. The summed E-state index contributed by atoms with van der Waals surface area (Å²) in [6, 6.07) is 39.0. The summed E-state index contributed by atoms with van der Waals surface area (Å²) >= 11 is 0. The molecule has 0 aliphatic heterocycles. The molecule has 0 spiro atoms. The molecule has 4 N–H and O–H groups in total. The third kappa shape index (κ3) is 13.2. The number of aliphatic hydroxyl groups excluding tert-OH is 2. The van der Waals surface area contributed by atoms with Gasteiger partial charge in [-0.15, -0.1) is 0 Å². The molecule has 2 aliphatic carbocycles. The van der Waals surface area contributed by atoms with Crippen molar-refractivity contribution >= 4 is 40.8 Å². The quantitative estimate of drug-likeness (QED) is 0.0427. The smallest absolute Gasteiger partial charge is 0.346 e. The monoisotopic (exact) mass is 1030 g/mol. The van der Waals surface area contributed by atoms with E-state index in [9.17, 15) is 19.8 Å². The first-order chi connectivity index (χ1) is 36.4. The molecule has 9 nitrogen and oxygen atoms in total. The second kappa shape index (κ2) is 22.8. The van der Waals surface area contributed by atoms with Gasteiger partial charge in [0.25, 0.3) is 0 Å². The molecule has 0 bridgehead atoms. The van der Waals surface area contributed by atoms with E-state index in [4.69, 9.17) is 4.74 Å². The molecule has 0 fully saturated rings. The zero-order chi connectivity index (χ0) is 55.5. The van der Waals surface area contributed by atoms with Crippen LogP contribution in [-0.4, -0.2) is 63.4 Å². The summed E-state index contributed by atoms with van der Waals surface area (Å²) < 4.78 is 5.30. The molecule has 6 aromatic carbocycles. The summed E-state index contributed by atoms with van der Waals surface area (Å²) in [4.78, 5) is 30.6. The summed E-state index contributed by atoms with van der Waals surface area (Å²) in [7, 11) is 8.18. The highest BCUT2D eigenvalue weighted by Crippen LogP contribution is 2.51. The van der Waals surface area contributed by atoms with E-state index in [0.29, 0.717) is 5.56 Å². The minimum atomic E-state index is -1.05. The maximum atomic E-state index is 13.2. The van der Waals surface area contributed by atoms with Crippen LogP contribution in [0.25, 0.3) is 6.08 Å². The van der Waals surface area contributed by atoms with Crippen LogP contribution in [0.1, 0.15) is 170 Å². The lowest BCUT2D eigenvalue weighted by molar-refractivity contribution is 0.0397. The predicted octanol–water partition coefficient (Wildman–Crippen LogP) is 13.7. The second-order valence-electron chi connectivity index (χ2n) is 24.3. The number of hydrogen-bond donors (Lipinski definition) is 4. The van der Waals surface area contributed by atoms with Gasteiger partial charge in [0.05, 0.1) is 17.2 Å². The molecule has 0 aromatic heterocycles. The number of nitrogens with zero attached hydrogens (tertiary/aromatic N) is 2. The molecule has 0 saturated heterocycles. The lowest BCUT2D eigenvalue weighted by atomic mass is 9.62. The molecular formula is C68H80N4O5. The zero-order valence-corrected chi connectivity index (χ0v) is 47.5. The summed E-state index contributed by atoms with van der Waals surface area (Å²) in [5, 5.41) is 30.7. The van der Waals surface area contributed by atoms with E-state index in [1.807, 2.05) is 34.3 Å². The predicted molar refractivity (Wildman–Crippen MR) is 318 cm³/mol. The number of benzene rings is 6.